The summed E-state index contributed by atoms with van der Waals surface area (Å²) in [6.45, 7) is 14.3. The van der Waals surface area contributed by atoms with Crippen LogP contribution in [0.3, 0.4) is 0 Å². The predicted octanol–water partition coefficient (Wildman–Crippen LogP) is 6.77. The van der Waals surface area contributed by atoms with Crippen molar-refractivity contribution >= 4 is 23.0 Å². The second kappa shape index (κ2) is 7.99. The number of anilines is 1. The van der Waals surface area contributed by atoms with Crippen molar-refractivity contribution < 1.29 is 0 Å². The topological polar surface area (TPSA) is 40.0 Å². The Morgan fingerprint density at radius 3 is 2.29 bits per heavy atom. The van der Waals surface area contributed by atoms with Crippen LogP contribution in [-0.4, -0.2) is 23.1 Å². The summed E-state index contributed by atoms with van der Waals surface area (Å²) in [6, 6.07) is 17.2. The molecule has 0 unspecified atom stereocenters. The predicted molar refractivity (Wildman–Crippen MR) is 132 cm³/mol. The smallest absolute Gasteiger partial charge is 0.178 e. The molecule has 0 aromatic heterocycles. The fourth-order valence-corrected chi connectivity index (χ4v) is 3.87. The number of benzene rings is 2. The van der Waals surface area contributed by atoms with Crippen LogP contribution in [0.5, 0.6) is 0 Å². The first-order valence-electron chi connectivity index (χ1n) is 11.2. The van der Waals surface area contributed by atoms with Crippen molar-refractivity contribution in [2.24, 2.45) is 9.98 Å². The molecule has 4 nitrogen and oxygen atoms in total. The highest BCUT2D eigenvalue weighted by molar-refractivity contribution is 6.47. The van der Waals surface area contributed by atoms with Gasteiger partial charge in [-0.2, -0.15) is 0 Å². The molecule has 4 rings (SSSR count). The van der Waals surface area contributed by atoms with Crippen LogP contribution in [0.2, 0.25) is 0 Å². The van der Waals surface area contributed by atoms with E-state index in [9.17, 15) is 0 Å². The minimum Gasteiger partial charge on any atom is -0.337 e. The Balaban J connectivity index is 1.67. The Kier molecular flexibility index (Phi) is 5.50. The number of aliphatic imine (C=N–C) groups is 2. The van der Waals surface area contributed by atoms with Gasteiger partial charge in [-0.15, -0.1) is 0 Å². The van der Waals surface area contributed by atoms with E-state index in [4.69, 9.17) is 9.98 Å². The minimum absolute atomic E-state index is 0.0893. The summed E-state index contributed by atoms with van der Waals surface area (Å²) in [6.07, 6.45) is 4.39. The van der Waals surface area contributed by atoms with Gasteiger partial charge < -0.3 is 10.2 Å². The van der Waals surface area contributed by atoms with Gasteiger partial charge in [0.25, 0.3) is 0 Å². The third-order valence-corrected chi connectivity index (χ3v) is 5.84. The summed E-state index contributed by atoms with van der Waals surface area (Å²) in [4.78, 5) is 12.2. The van der Waals surface area contributed by atoms with Crippen molar-refractivity contribution in [1.29, 1.82) is 0 Å². The van der Waals surface area contributed by atoms with Gasteiger partial charge >= 0.3 is 0 Å². The fourth-order valence-electron chi connectivity index (χ4n) is 3.87. The van der Waals surface area contributed by atoms with E-state index in [0.717, 1.165) is 48.3 Å². The van der Waals surface area contributed by atoms with Gasteiger partial charge in [-0.1, -0.05) is 65.8 Å². The number of hydrogen-bond donors (Lipinski definition) is 1. The molecular formula is C27H34N4. The molecule has 2 aliphatic heterocycles. The second-order valence-corrected chi connectivity index (χ2v) is 10.5. The number of nitrogens with zero attached hydrogens (tertiary/aromatic N) is 3. The van der Waals surface area contributed by atoms with E-state index in [1.807, 2.05) is 0 Å². The first-order chi connectivity index (χ1) is 14.6. The number of hydrogen-bond acceptors (Lipinski definition) is 3. The molecule has 0 saturated carbocycles. The standard InChI is InChI=1S/C27H34N4/c1-26(2,3)19-13-15-21(16-14-19)28-24-25(31-17-8-7-12-23(31)30-24)29-22-11-9-10-20(18-22)27(4,5)6/h9-16,18H,7-8,17H2,1-6H3,(H,28,30). The summed E-state index contributed by atoms with van der Waals surface area (Å²) < 4.78 is 0. The molecular weight excluding hydrogens is 380 g/mol. The molecule has 0 amide bonds. The van der Waals surface area contributed by atoms with Crippen molar-refractivity contribution in [3.05, 3.63) is 71.6 Å². The van der Waals surface area contributed by atoms with Crippen LogP contribution in [0, 0.1) is 0 Å². The summed E-state index contributed by atoms with van der Waals surface area (Å²) in [5.74, 6) is 2.72. The van der Waals surface area contributed by atoms with E-state index < -0.39 is 0 Å². The molecule has 0 bridgehead atoms. The van der Waals surface area contributed by atoms with Crippen LogP contribution in [0.15, 0.2) is 70.4 Å². The molecule has 1 N–H and O–H groups in total. The summed E-state index contributed by atoms with van der Waals surface area (Å²) in [5, 5.41) is 3.53. The molecule has 0 fully saturated rings. The Hall–Kier alpha value is -2.88. The van der Waals surface area contributed by atoms with Gasteiger partial charge in [-0.25, -0.2) is 9.98 Å². The summed E-state index contributed by atoms with van der Waals surface area (Å²) in [7, 11) is 0. The molecule has 2 aliphatic rings. The highest BCUT2D eigenvalue weighted by Crippen LogP contribution is 2.30. The van der Waals surface area contributed by atoms with Crippen LogP contribution >= 0.6 is 0 Å². The van der Waals surface area contributed by atoms with Crippen LogP contribution in [-0.2, 0) is 10.8 Å². The van der Waals surface area contributed by atoms with Crippen molar-refractivity contribution in [3.63, 3.8) is 0 Å². The molecule has 0 saturated heterocycles. The van der Waals surface area contributed by atoms with Gasteiger partial charge in [0.1, 0.15) is 5.82 Å². The lowest BCUT2D eigenvalue weighted by molar-refractivity contribution is 0.480. The molecule has 2 heterocycles. The van der Waals surface area contributed by atoms with Crippen molar-refractivity contribution in [1.82, 2.24) is 4.90 Å². The number of nitrogens with one attached hydrogen (secondary N) is 1. The largest absolute Gasteiger partial charge is 0.337 e. The SMILES string of the molecule is CC(C)(C)c1ccc(NC2=NC3=CCCCN3C2=Nc2cccc(C(C)(C)C)c2)cc1. The van der Waals surface area contributed by atoms with E-state index in [1.54, 1.807) is 0 Å². The van der Waals surface area contributed by atoms with Gasteiger partial charge in [0.15, 0.2) is 11.7 Å². The van der Waals surface area contributed by atoms with E-state index in [0.29, 0.717) is 0 Å². The highest BCUT2D eigenvalue weighted by Gasteiger charge is 2.30. The first-order valence-corrected chi connectivity index (χ1v) is 11.2. The Morgan fingerprint density at radius 2 is 1.61 bits per heavy atom. The lowest BCUT2D eigenvalue weighted by Crippen LogP contribution is -2.34. The second-order valence-electron chi connectivity index (χ2n) is 10.5. The van der Waals surface area contributed by atoms with Gasteiger partial charge in [0.05, 0.1) is 5.69 Å². The average molecular weight is 415 g/mol. The van der Waals surface area contributed by atoms with E-state index in [-0.39, 0.29) is 10.8 Å². The summed E-state index contributed by atoms with van der Waals surface area (Å²) in [5.41, 5.74) is 4.83. The zero-order valence-corrected chi connectivity index (χ0v) is 19.7. The van der Waals surface area contributed by atoms with E-state index in [1.165, 1.54) is 11.1 Å². The molecule has 2 aromatic rings. The molecule has 0 aliphatic carbocycles. The van der Waals surface area contributed by atoms with Gasteiger partial charge in [-0.05, 0) is 65.1 Å². The Labute approximate surface area is 186 Å². The zero-order chi connectivity index (χ0) is 22.2. The van der Waals surface area contributed by atoms with E-state index >= 15 is 0 Å². The normalized spacial score (nSPS) is 18.0. The molecule has 0 atom stereocenters. The summed E-state index contributed by atoms with van der Waals surface area (Å²) >= 11 is 0. The van der Waals surface area contributed by atoms with Crippen molar-refractivity contribution in [2.75, 3.05) is 11.9 Å². The lowest BCUT2D eigenvalue weighted by atomic mass is 9.87. The van der Waals surface area contributed by atoms with Crippen LogP contribution in [0.1, 0.15) is 65.5 Å². The van der Waals surface area contributed by atoms with Crippen molar-refractivity contribution in [3.8, 4) is 0 Å². The number of amidine groups is 2. The van der Waals surface area contributed by atoms with Gasteiger partial charge in [0.2, 0.25) is 0 Å². The Bertz CT molecular complexity index is 1040. The van der Waals surface area contributed by atoms with Gasteiger partial charge in [-0.3, -0.25) is 0 Å². The maximum absolute atomic E-state index is 5.06. The van der Waals surface area contributed by atoms with Crippen LogP contribution in [0.25, 0.3) is 0 Å². The monoisotopic (exact) mass is 414 g/mol. The maximum atomic E-state index is 5.06. The van der Waals surface area contributed by atoms with Crippen molar-refractivity contribution in [2.45, 2.75) is 65.2 Å². The number of rotatable bonds is 2. The third-order valence-electron chi connectivity index (χ3n) is 5.84. The maximum Gasteiger partial charge on any atom is 0.178 e. The number of allylic oxidation sites excluding steroid dienone is 1. The zero-order valence-electron chi connectivity index (χ0n) is 19.7. The number of fused-ring (bicyclic) bond motifs is 1. The Morgan fingerprint density at radius 1 is 0.903 bits per heavy atom. The molecule has 2 aromatic carbocycles. The molecule has 4 heteroatoms. The fraction of sp³-hybridized carbons (Fsp3) is 0.407. The lowest BCUT2D eigenvalue weighted by Gasteiger charge is -2.24. The molecule has 0 spiro atoms. The molecule has 31 heavy (non-hydrogen) atoms. The van der Waals surface area contributed by atoms with Gasteiger partial charge in [0, 0.05) is 12.2 Å². The molecule has 0 radical (unpaired) electrons. The molecule has 162 valence electrons. The minimum atomic E-state index is 0.0893. The quantitative estimate of drug-likeness (QED) is 0.589. The van der Waals surface area contributed by atoms with Crippen LogP contribution in [0.4, 0.5) is 11.4 Å². The van der Waals surface area contributed by atoms with Crippen LogP contribution < -0.4 is 5.32 Å². The first kappa shape index (κ1) is 21.4. The third kappa shape index (κ3) is 4.73. The average Bonchev–Trinajstić information content (AvgIpc) is 3.04. The highest BCUT2D eigenvalue weighted by atomic mass is 15.3. The van der Waals surface area contributed by atoms with E-state index in [2.05, 4.69) is 106 Å².